The van der Waals surface area contributed by atoms with Crippen LogP contribution in [0.1, 0.15) is 74.1 Å². The minimum Gasteiger partial charge on any atom is -0.0945 e. The van der Waals surface area contributed by atoms with E-state index in [0.29, 0.717) is 5.92 Å². The lowest BCUT2D eigenvalue weighted by Crippen LogP contribution is -2.12. The molecule has 0 saturated heterocycles. The van der Waals surface area contributed by atoms with Crippen molar-refractivity contribution in [1.29, 1.82) is 0 Å². The second-order valence-corrected chi connectivity index (χ2v) is 7.36. The molecule has 0 radical (unpaired) electrons. The lowest BCUT2D eigenvalue weighted by molar-refractivity contribution is 0.384. The van der Waals surface area contributed by atoms with E-state index in [1.165, 1.54) is 55.2 Å². The van der Waals surface area contributed by atoms with E-state index in [1.54, 1.807) is 0 Å². The number of hydrogen-bond acceptors (Lipinski definition) is 0. The highest BCUT2D eigenvalue weighted by Crippen LogP contribution is 2.35. The first-order valence-electron chi connectivity index (χ1n) is 9.97. The Morgan fingerprint density at radius 2 is 1.44 bits per heavy atom. The molecular weight excluding hydrogens is 300 g/mol. The van der Waals surface area contributed by atoms with Gasteiger partial charge in [0.15, 0.2) is 0 Å². The molecule has 1 fully saturated rings. The van der Waals surface area contributed by atoms with Crippen molar-refractivity contribution >= 4 is 0 Å². The molecule has 0 nitrogen and oxygen atoms in total. The number of aryl methyl sites for hydroxylation is 2. The van der Waals surface area contributed by atoms with Crippen LogP contribution in [0.5, 0.6) is 0 Å². The third-order valence-electron chi connectivity index (χ3n) is 5.50. The summed E-state index contributed by atoms with van der Waals surface area (Å²) in [4.78, 5) is 0. The molecule has 25 heavy (non-hydrogen) atoms. The molecule has 3 rings (SSSR count). The highest BCUT2D eigenvalue weighted by Gasteiger charge is 2.21. The van der Waals surface area contributed by atoms with Crippen LogP contribution in [0.15, 0.2) is 48.5 Å². The van der Waals surface area contributed by atoms with Crippen molar-refractivity contribution in [3.8, 4) is 11.8 Å². The van der Waals surface area contributed by atoms with Crippen LogP contribution >= 0.6 is 0 Å². The summed E-state index contributed by atoms with van der Waals surface area (Å²) in [5.41, 5.74) is 5.54. The first kappa shape index (κ1) is 17.8. The van der Waals surface area contributed by atoms with Crippen molar-refractivity contribution in [2.24, 2.45) is 5.92 Å². The maximum Gasteiger partial charge on any atom is 0.0245 e. The van der Waals surface area contributed by atoms with E-state index < -0.39 is 0 Å². The van der Waals surface area contributed by atoms with Gasteiger partial charge in [0.25, 0.3) is 0 Å². The summed E-state index contributed by atoms with van der Waals surface area (Å²) in [6, 6.07) is 18.1. The Balaban J connectivity index is 1.54. The summed E-state index contributed by atoms with van der Waals surface area (Å²) in [5, 5.41) is 0. The van der Waals surface area contributed by atoms with Crippen molar-refractivity contribution < 1.29 is 0 Å². The Morgan fingerprint density at radius 3 is 2.04 bits per heavy atom. The molecule has 0 heterocycles. The Morgan fingerprint density at radius 1 is 0.800 bits per heavy atom. The fourth-order valence-corrected chi connectivity index (χ4v) is 3.83. The summed E-state index contributed by atoms with van der Waals surface area (Å²) < 4.78 is 0. The van der Waals surface area contributed by atoms with Gasteiger partial charge in [0.1, 0.15) is 0 Å². The van der Waals surface area contributed by atoms with E-state index in [0.717, 1.165) is 17.9 Å². The first-order chi connectivity index (χ1) is 12.3. The minimum atomic E-state index is 0.571. The van der Waals surface area contributed by atoms with E-state index in [9.17, 15) is 0 Å². The Kier molecular flexibility index (Phi) is 6.35. The van der Waals surface area contributed by atoms with Crippen molar-refractivity contribution in [1.82, 2.24) is 0 Å². The summed E-state index contributed by atoms with van der Waals surface area (Å²) in [6.07, 6.45) is 8.55. The second kappa shape index (κ2) is 8.91. The van der Waals surface area contributed by atoms with Crippen molar-refractivity contribution in [2.75, 3.05) is 0 Å². The topological polar surface area (TPSA) is 0 Å². The van der Waals surface area contributed by atoms with E-state index in [1.807, 2.05) is 0 Å². The van der Waals surface area contributed by atoms with Crippen molar-refractivity contribution in [3.05, 3.63) is 70.8 Å². The van der Waals surface area contributed by atoms with Gasteiger partial charge < -0.3 is 0 Å². The van der Waals surface area contributed by atoms with Gasteiger partial charge in [-0.05, 0) is 73.3 Å². The van der Waals surface area contributed by atoms with E-state index >= 15 is 0 Å². The molecule has 0 unspecified atom stereocenters. The Labute approximate surface area is 153 Å². The number of rotatable bonds is 4. The van der Waals surface area contributed by atoms with Gasteiger partial charge in [0, 0.05) is 11.5 Å². The quantitative estimate of drug-likeness (QED) is 0.559. The first-order valence-corrected chi connectivity index (χ1v) is 9.97. The van der Waals surface area contributed by atoms with Gasteiger partial charge in [-0.2, -0.15) is 0 Å². The molecular formula is C25H30. The number of benzene rings is 2. The zero-order valence-corrected chi connectivity index (χ0v) is 15.7. The van der Waals surface area contributed by atoms with Crippen LogP contribution in [0.2, 0.25) is 0 Å². The van der Waals surface area contributed by atoms with Gasteiger partial charge in [-0.3, -0.25) is 0 Å². The molecule has 1 saturated carbocycles. The van der Waals surface area contributed by atoms with Gasteiger partial charge in [-0.15, -0.1) is 0 Å². The zero-order chi connectivity index (χ0) is 17.5. The molecule has 0 N–H and O–H groups in total. The van der Waals surface area contributed by atoms with Crippen LogP contribution in [0.4, 0.5) is 0 Å². The van der Waals surface area contributed by atoms with Crippen LogP contribution in [0.3, 0.4) is 0 Å². The third-order valence-corrected chi connectivity index (χ3v) is 5.50. The maximum atomic E-state index is 3.52. The van der Waals surface area contributed by atoms with Gasteiger partial charge in [0.2, 0.25) is 0 Å². The lowest BCUT2D eigenvalue weighted by atomic mass is 9.78. The predicted octanol–water partition coefficient (Wildman–Crippen LogP) is 6.53. The highest BCUT2D eigenvalue weighted by atomic mass is 14.2. The molecule has 2 aromatic carbocycles. The summed E-state index contributed by atoms with van der Waals surface area (Å²) in [5.74, 6) is 8.22. The van der Waals surface area contributed by atoms with Crippen molar-refractivity contribution in [3.63, 3.8) is 0 Å². The van der Waals surface area contributed by atoms with E-state index in [4.69, 9.17) is 0 Å². The average molecular weight is 331 g/mol. The highest BCUT2D eigenvalue weighted by molar-refractivity contribution is 5.36. The molecule has 2 aromatic rings. The van der Waals surface area contributed by atoms with Crippen LogP contribution in [0, 0.1) is 17.8 Å². The molecule has 1 aliphatic carbocycles. The van der Waals surface area contributed by atoms with Gasteiger partial charge in [-0.1, -0.05) is 68.5 Å². The number of hydrogen-bond donors (Lipinski definition) is 0. The largest absolute Gasteiger partial charge is 0.0945 e. The van der Waals surface area contributed by atoms with Crippen LogP contribution < -0.4 is 0 Å². The lowest BCUT2D eigenvalue weighted by Gasteiger charge is -2.26. The molecule has 0 aliphatic heterocycles. The molecule has 0 atom stereocenters. The molecule has 1 aliphatic rings. The van der Waals surface area contributed by atoms with Crippen molar-refractivity contribution in [2.45, 2.75) is 64.7 Å². The van der Waals surface area contributed by atoms with Crippen LogP contribution in [-0.4, -0.2) is 0 Å². The third kappa shape index (κ3) is 4.99. The zero-order valence-electron chi connectivity index (χ0n) is 15.7. The fourth-order valence-electron chi connectivity index (χ4n) is 3.83. The smallest absolute Gasteiger partial charge is 0.0245 e. The molecule has 0 heteroatoms. The Bertz CT molecular complexity index is 701. The Hall–Kier alpha value is -2.00. The summed E-state index contributed by atoms with van der Waals surface area (Å²) in [7, 11) is 0. The van der Waals surface area contributed by atoms with Crippen LogP contribution in [-0.2, 0) is 12.8 Å². The molecule has 0 bridgehead atoms. The summed E-state index contributed by atoms with van der Waals surface area (Å²) >= 11 is 0. The minimum absolute atomic E-state index is 0.571. The molecule has 130 valence electrons. The van der Waals surface area contributed by atoms with E-state index in [-0.39, 0.29) is 0 Å². The molecule has 0 aromatic heterocycles. The van der Waals surface area contributed by atoms with Gasteiger partial charge in [-0.25, -0.2) is 0 Å². The monoisotopic (exact) mass is 330 g/mol. The molecule has 0 amide bonds. The average Bonchev–Trinajstić information content (AvgIpc) is 2.68. The fraction of sp³-hybridized carbons (Fsp3) is 0.440. The second-order valence-electron chi connectivity index (χ2n) is 7.36. The molecule has 0 spiro atoms. The van der Waals surface area contributed by atoms with Gasteiger partial charge >= 0.3 is 0 Å². The SMILES string of the molecule is CCCc1ccc(C2CCC(C#Cc3ccc(CC)cc3)CC2)cc1. The summed E-state index contributed by atoms with van der Waals surface area (Å²) in [6.45, 7) is 4.44. The maximum absolute atomic E-state index is 3.52. The van der Waals surface area contributed by atoms with Crippen LogP contribution in [0.25, 0.3) is 0 Å². The standard InChI is InChI=1S/C25H30/c1-3-5-21-12-16-24(17-13-21)25-18-14-23(15-19-25)11-10-22-8-6-20(4-2)7-9-22/h6-9,12-13,16-17,23,25H,3-5,14-15,18-19H2,1-2H3. The predicted molar refractivity (Wildman–Crippen MR) is 108 cm³/mol. The normalized spacial score (nSPS) is 19.9. The van der Waals surface area contributed by atoms with Gasteiger partial charge in [0.05, 0.1) is 0 Å². The van der Waals surface area contributed by atoms with E-state index in [2.05, 4.69) is 74.2 Å².